The third kappa shape index (κ3) is 3.55. The van der Waals surface area contributed by atoms with Crippen LogP contribution < -0.4 is 0 Å². The van der Waals surface area contributed by atoms with Crippen molar-refractivity contribution in [2.75, 3.05) is 6.61 Å². The van der Waals surface area contributed by atoms with Crippen LogP contribution in [0, 0.1) is 5.92 Å². The first-order valence-corrected chi connectivity index (χ1v) is 6.86. The highest BCUT2D eigenvalue weighted by atomic mass is 16.5. The average Bonchev–Trinajstić information content (AvgIpc) is 2.43. The average molecular weight is 258 g/mol. The second-order valence-corrected chi connectivity index (χ2v) is 5.40. The van der Waals surface area contributed by atoms with Crippen LogP contribution in [0.5, 0.6) is 0 Å². The van der Waals surface area contributed by atoms with Gasteiger partial charge in [0.15, 0.2) is 0 Å². The van der Waals surface area contributed by atoms with E-state index in [0.29, 0.717) is 12.5 Å². The van der Waals surface area contributed by atoms with Crippen LogP contribution in [0.2, 0.25) is 0 Å². The van der Waals surface area contributed by atoms with Gasteiger partial charge in [-0.25, -0.2) is 0 Å². The van der Waals surface area contributed by atoms with Crippen molar-refractivity contribution < 1.29 is 9.84 Å². The summed E-state index contributed by atoms with van der Waals surface area (Å²) in [6, 6.07) is 14.2. The summed E-state index contributed by atoms with van der Waals surface area (Å²) in [6.07, 6.45) is -0.402. The Morgan fingerprint density at radius 1 is 1.00 bits per heavy atom. The van der Waals surface area contributed by atoms with Crippen molar-refractivity contribution in [3.8, 4) is 0 Å². The minimum atomic E-state index is -0.564. The first-order valence-electron chi connectivity index (χ1n) is 6.86. The molecule has 0 aliphatic rings. The van der Waals surface area contributed by atoms with Crippen LogP contribution in [-0.4, -0.2) is 17.8 Å². The van der Waals surface area contributed by atoms with Crippen LogP contribution in [0.3, 0.4) is 0 Å². The fourth-order valence-electron chi connectivity index (χ4n) is 1.95. The van der Waals surface area contributed by atoms with E-state index in [2.05, 4.69) is 26.0 Å². The standard InChI is InChI=1S/C17H22O2/c1-12(2)13(3)19-11-17(18)16-9-8-14-6-4-5-7-15(14)10-16/h4-10,12-13,17-18H,11H2,1-3H3. The molecule has 2 aromatic rings. The lowest BCUT2D eigenvalue weighted by Crippen LogP contribution is -2.19. The Morgan fingerprint density at radius 3 is 2.37 bits per heavy atom. The van der Waals surface area contributed by atoms with E-state index in [9.17, 15) is 5.11 Å². The molecular formula is C17H22O2. The first kappa shape index (κ1) is 14.0. The van der Waals surface area contributed by atoms with Gasteiger partial charge in [-0.05, 0) is 35.2 Å². The highest BCUT2D eigenvalue weighted by molar-refractivity contribution is 5.83. The smallest absolute Gasteiger partial charge is 0.102 e. The Morgan fingerprint density at radius 2 is 1.68 bits per heavy atom. The summed E-state index contributed by atoms with van der Waals surface area (Å²) in [7, 11) is 0. The monoisotopic (exact) mass is 258 g/mol. The van der Waals surface area contributed by atoms with E-state index in [4.69, 9.17) is 4.74 Å². The van der Waals surface area contributed by atoms with E-state index in [1.54, 1.807) is 0 Å². The van der Waals surface area contributed by atoms with Gasteiger partial charge >= 0.3 is 0 Å². The van der Waals surface area contributed by atoms with Gasteiger partial charge in [0.05, 0.1) is 12.7 Å². The Kier molecular flexibility index (Phi) is 4.56. The molecule has 2 aromatic carbocycles. The molecule has 1 N–H and O–H groups in total. The molecule has 0 fully saturated rings. The Balaban J connectivity index is 2.06. The number of aliphatic hydroxyl groups excluding tert-OH is 1. The second kappa shape index (κ2) is 6.18. The predicted molar refractivity (Wildman–Crippen MR) is 79.2 cm³/mol. The van der Waals surface area contributed by atoms with Crippen molar-refractivity contribution in [3.63, 3.8) is 0 Å². The number of hydrogen-bond donors (Lipinski definition) is 1. The van der Waals surface area contributed by atoms with Crippen molar-refractivity contribution in [2.24, 2.45) is 5.92 Å². The molecule has 0 amide bonds. The molecule has 0 radical (unpaired) electrons. The molecule has 2 rings (SSSR count). The van der Waals surface area contributed by atoms with Gasteiger partial charge in [-0.15, -0.1) is 0 Å². The Bertz CT molecular complexity index is 534. The largest absolute Gasteiger partial charge is 0.386 e. The lowest BCUT2D eigenvalue weighted by molar-refractivity contribution is -0.0206. The molecule has 102 valence electrons. The molecule has 2 nitrogen and oxygen atoms in total. The van der Waals surface area contributed by atoms with Crippen molar-refractivity contribution >= 4 is 10.8 Å². The minimum Gasteiger partial charge on any atom is -0.386 e. The van der Waals surface area contributed by atoms with E-state index in [-0.39, 0.29) is 6.10 Å². The molecule has 0 bridgehead atoms. The molecule has 0 saturated heterocycles. The third-order valence-corrected chi connectivity index (χ3v) is 3.61. The number of benzene rings is 2. The van der Waals surface area contributed by atoms with Gasteiger partial charge in [-0.1, -0.05) is 50.2 Å². The maximum absolute atomic E-state index is 10.2. The zero-order chi connectivity index (χ0) is 13.8. The van der Waals surface area contributed by atoms with Crippen LogP contribution >= 0.6 is 0 Å². The van der Waals surface area contributed by atoms with Crippen molar-refractivity contribution in [2.45, 2.75) is 33.0 Å². The number of aliphatic hydroxyl groups is 1. The molecule has 0 saturated carbocycles. The zero-order valence-corrected chi connectivity index (χ0v) is 11.8. The van der Waals surface area contributed by atoms with Gasteiger partial charge in [0.2, 0.25) is 0 Å². The lowest BCUT2D eigenvalue weighted by atomic mass is 10.0. The van der Waals surface area contributed by atoms with Gasteiger partial charge in [0.1, 0.15) is 6.10 Å². The quantitative estimate of drug-likeness (QED) is 0.880. The number of hydrogen-bond acceptors (Lipinski definition) is 2. The summed E-state index contributed by atoms with van der Waals surface area (Å²) >= 11 is 0. The molecule has 2 heteroatoms. The third-order valence-electron chi connectivity index (χ3n) is 3.61. The summed E-state index contributed by atoms with van der Waals surface area (Å²) in [5.74, 6) is 0.462. The SMILES string of the molecule is CC(C)C(C)OCC(O)c1ccc2ccccc2c1. The molecule has 0 spiro atoms. The summed E-state index contributed by atoms with van der Waals surface area (Å²) in [6.45, 7) is 6.62. The molecule has 0 aromatic heterocycles. The highest BCUT2D eigenvalue weighted by Crippen LogP contribution is 2.21. The van der Waals surface area contributed by atoms with Crippen molar-refractivity contribution in [3.05, 3.63) is 48.0 Å². The Hall–Kier alpha value is -1.38. The number of fused-ring (bicyclic) bond motifs is 1. The van der Waals surface area contributed by atoms with Gasteiger partial charge in [-0.2, -0.15) is 0 Å². The molecule has 2 unspecified atom stereocenters. The predicted octanol–water partition coefficient (Wildman–Crippen LogP) is 3.93. The van der Waals surface area contributed by atoms with Crippen LogP contribution in [0.25, 0.3) is 10.8 Å². The number of ether oxygens (including phenoxy) is 1. The second-order valence-electron chi connectivity index (χ2n) is 5.40. The van der Waals surface area contributed by atoms with Crippen LogP contribution in [-0.2, 0) is 4.74 Å². The van der Waals surface area contributed by atoms with Gasteiger partial charge in [0.25, 0.3) is 0 Å². The van der Waals surface area contributed by atoms with E-state index in [1.165, 1.54) is 5.39 Å². The van der Waals surface area contributed by atoms with Crippen LogP contribution in [0.15, 0.2) is 42.5 Å². The summed E-state index contributed by atoms with van der Waals surface area (Å²) in [5, 5.41) is 12.5. The van der Waals surface area contributed by atoms with E-state index in [0.717, 1.165) is 10.9 Å². The molecule has 2 atom stereocenters. The summed E-state index contributed by atoms with van der Waals surface area (Å²) in [4.78, 5) is 0. The zero-order valence-electron chi connectivity index (χ0n) is 11.8. The van der Waals surface area contributed by atoms with E-state index in [1.807, 2.05) is 37.3 Å². The topological polar surface area (TPSA) is 29.5 Å². The molecular weight excluding hydrogens is 236 g/mol. The molecule has 0 aliphatic carbocycles. The van der Waals surface area contributed by atoms with E-state index >= 15 is 0 Å². The fourth-order valence-corrected chi connectivity index (χ4v) is 1.95. The van der Waals surface area contributed by atoms with Crippen LogP contribution in [0.4, 0.5) is 0 Å². The summed E-state index contributed by atoms with van der Waals surface area (Å²) in [5.41, 5.74) is 0.912. The van der Waals surface area contributed by atoms with Crippen LogP contribution in [0.1, 0.15) is 32.4 Å². The molecule has 0 heterocycles. The Labute approximate surface area is 115 Å². The molecule has 0 aliphatic heterocycles. The normalized spacial score (nSPS) is 14.8. The van der Waals surface area contributed by atoms with E-state index < -0.39 is 6.10 Å². The lowest BCUT2D eigenvalue weighted by Gasteiger charge is -2.19. The van der Waals surface area contributed by atoms with Gasteiger partial charge < -0.3 is 9.84 Å². The number of rotatable bonds is 5. The first-order chi connectivity index (χ1) is 9.08. The minimum absolute atomic E-state index is 0.162. The summed E-state index contributed by atoms with van der Waals surface area (Å²) < 4.78 is 5.68. The molecule has 19 heavy (non-hydrogen) atoms. The van der Waals surface area contributed by atoms with Gasteiger partial charge in [0, 0.05) is 0 Å². The van der Waals surface area contributed by atoms with Crippen molar-refractivity contribution in [1.29, 1.82) is 0 Å². The maximum atomic E-state index is 10.2. The maximum Gasteiger partial charge on any atom is 0.102 e. The highest BCUT2D eigenvalue weighted by Gasteiger charge is 2.12. The van der Waals surface area contributed by atoms with Crippen molar-refractivity contribution in [1.82, 2.24) is 0 Å². The fraction of sp³-hybridized carbons (Fsp3) is 0.412. The van der Waals surface area contributed by atoms with Gasteiger partial charge in [-0.3, -0.25) is 0 Å².